The zero-order valence-corrected chi connectivity index (χ0v) is 29.6. The second-order valence-corrected chi connectivity index (χ2v) is 13.1. The number of hydrogen-bond donors (Lipinski definition) is 0. The molecule has 0 bridgehead atoms. The maximum atomic E-state index is 12.3. The summed E-state index contributed by atoms with van der Waals surface area (Å²) in [6.07, 6.45) is 3.97. The Morgan fingerprint density at radius 1 is 0.700 bits per heavy atom. The average Bonchev–Trinajstić information content (AvgIpc) is 3.31. The van der Waals surface area contributed by atoms with Crippen LogP contribution >= 0.6 is 0 Å². The molecular weight excluding hydrogens is 618 g/mol. The largest absolute Gasteiger partial charge is 0.492 e. The van der Waals surface area contributed by atoms with Gasteiger partial charge in [0, 0.05) is 19.6 Å². The van der Waals surface area contributed by atoms with Gasteiger partial charge >= 0.3 is 5.97 Å². The molecule has 5 heteroatoms. The zero-order chi connectivity index (χ0) is 34.7. The molecule has 1 aliphatic carbocycles. The van der Waals surface area contributed by atoms with Crippen molar-refractivity contribution in [3.63, 3.8) is 0 Å². The second kappa shape index (κ2) is 17.3. The van der Waals surface area contributed by atoms with Crippen molar-refractivity contribution in [2.45, 2.75) is 58.1 Å². The number of benzene rings is 5. The lowest BCUT2D eigenvalue weighted by atomic mass is 9.90. The average molecular weight is 668 g/mol. The number of fused-ring (bicyclic) bond motifs is 2. The monoisotopic (exact) mass is 667 g/mol. The fourth-order valence-corrected chi connectivity index (χ4v) is 7.06. The number of carbonyl (C=O) groups is 1. The first-order valence-corrected chi connectivity index (χ1v) is 18.1. The van der Waals surface area contributed by atoms with Gasteiger partial charge in [-0.2, -0.15) is 0 Å². The molecule has 0 aliphatic heterocycles. The SMILES string of the molecule is CCOC(=O)C(Cc1ccc(OCCN(C)C2c3ccc(CCc4ccccc4)cc3CCc3cc(-c4ccccc4)ccc32)cc1)OCC. The maximum Gasteiger partial charge on any atom is 0.335 e. The molecule has 1 aliphatic rings. The van der Waals surface area contributed by atoms with E-state index in [-0.39, 0.29) is 12.0 Å². The van der Waals surface area contributed by atoms with Crippen LogP contribution in [-0.2, 0) is 46.4 Å². The molecule has 2 unspecified atom stereocenters. The van der Waals surface area contributed by atoms with E-state index in [9.17, 15) is 4.79 Å². The van der Waals surface area contributed by atoms with Crippen LogP contribution in [0.15, 0.2) is 121 Å². The van der Waals surface area contributed by atoms with Crippen molar-refractivity contribution in [1.29, 1.82) is 0 Å². The third-order valence-electron chi connectivity index (χ3n) is 9.67. The zero-order valence-electron chi connectivity index (χ0n) is 29.6. The third kappa shape index (κ3) is 8.90. The predicted molar refractivity (Wildman–Crippen MR) is 202 cm³/mol. The number of likely N-dealkylation sites (N-methyl/N-ethyl adjacent to an activating group) is 1. The van der Waals surface area contributed by atoms with E-state index in [0.717, 1.165) is 43.5 Å². The van der Waals surface area contributed by atoms with Crippen LogP contribution < -0.4 is 4.74 Å². The molecule has 0 fully saturated rings. The van der Waals surface area contributed by atoms with Gasteiger partial charge in [0.15, 0.2) is 6.10 Å². The van der Waals surface area contributed by atoms with Gasteiger partial charge in [0.05, 0.1) is 12.6 Å². The smallest absolute Gasteiger partial charge is 0.335 e. The van der Waals surface area contributed by atoms with Crippen molar-refractivity contribution in [1.82, 2.24) is 4.90 Å². The topological polar surface area (TPSA) is 48.0 Å². The first-order chi connectivity index (χ1) is 24.5. The highest BCUT2D eigenvalue weighted by Gasteiger charge is 2.28. The number of aryl methyl sites for hydroxylation is 4. The summed E-state index contributed by atoms with van der Waals surface area (Å²) in [5, 5.41) is 0. The van der Waals surface area contributed by atoms with E-state index in [1.54, 1.807) is 0 Å². The van der Waals surface area contributed by atoms with Crippen molar-refractivity contribution >= 4 is 5.97 Å². The molecule has 50 heavy (non-hydrogen) atoms. The Morgan fingerprint density at radius 2 is 1.34 bits per heavy atom. The van der Waals surface area contributed by atoms with Crippen LogP contribution in [0.25, 0.3) is 11.1 Å². The minimum absolute atomic E-state index is 0.125. The van der Waals surface area contributed by atoms with Gasteiger partial charge in [-0.25, -0.2) is 4.79 Å². The van der Waals surface area contributed by atoms with E-state index in [4.69, 9.17) is 14.2 Å². The van der Waals surface area contributed by atoms with E-state index in [1.807, 2.05) is 38.1 Å². The molecule has 0 heterocycles. The molecule has 0 N–H and O–H groups in total. The Bertz CT molecular complexity index is 1820. The van der Waals surface area contributed by atoms with E-state index >= 15 is 0 Å². The summed E-state index contributed by atoms with van der Waals surface area (Å²) in [7, 11) is 2.22. The van der Waals surface area contributed by atoms with Crippen molar-refractivity contribution in [2.75, 3.05) is 33.4 Å². The van der Waals surface area contributed by atoms with Gasteiger partial charge in [-0.1, -0.05) is 109 Å². The molecule has 5 aromatic rings. The van der Waals surface area contributed by atoms with Crippen molar-refractivity contribution < 1.29 is 19.0 Å². The summed E-state index contributed by atoms with van der Waals surface area (Å²) in [6.45, 7) is 5.81. The van der Waals surface area contributed by atoms with Gasteiger partial charge in [0.1, 0.15) is 12.4 Å². The molecule has 5 nitrogen and oxygen atoms in total. The molecule has 0 spiro atoms. The molecule has 0 saturated heterocycles. The van der Waals surface area contributed by atoms with Crippen LogP contribution in [0.1, 0.15) is 58.8 Å². The minimum Gasteiger partial charge on any atom is -0.492 e. The molecule has 0 amide bonds. The third-order valence-corrected chi connectivity index (χ3v) is 9.67. The number of ether oxygens (including phenoxy) is 3. The van der Waals surface area contributed by atoms with E-state index in [2.05, 4.69) is 109 Å². The molecule has 258 valence electrons. The number of nitrogens with zero attached hydrogens (tertiary/aromatic N) is 1. The van der Waals surface area contributed by atoms with Gasteiger partial charge in [0.2, 0.25) is 0 Å². The summed E-state index contributed by atoms with van der Waals surface area (Å²) in [4.78, 5) is 14.8. The summed E-state index contributed by atoms with van der Waals surface area (Å²) in [6, 6.07) is 43.7. The molecule has 2 atom stereocenters. The van der Waals surface area contributed by atoms with Crippen molar-refractivity contribution in [2.24, 2.45) is 0 Å². The standard InChI is InChI=1S/C45H49NO4/c1-4-48-43(45(47)49-5-2)31-35-18-24-40(25-19-35)50-29-28-46(3)44-41-26-20-34(17-16-33-12-8-6-9-13-33)30-38(41)21-22-39-32-37(23-27-42(39)44)36-14-10-7-11-15-36/h6-15,18-20,23-27,30,32,43-44H,4-5,16-17,21-22,28-29,31H2,1-3H3. The van der Waals surface area contributed by atoms with E-state index in [1.165, 1.54) is 44.5 Å². The van der Waals surface area contributed by atoms with Gasteiger partial charge in [-0.05, 0) is 109 Å². The summed E-state index contributed by atoms with van der Waals surface area (Å²) in [5.74, 6) is 0.488. The molecule has 0 saturated carbocycles. The Morgan fingerprint density at radius 3 is 2.04 bits per heavy atom. The summed E-state index contributed by atoms with van der Waals surface area (Å²) in [5.41, 5.74) is 11.9. The van der Waals surface area contributed by atoms with Gasteiger partial charge in [-0.3, -0.25) is 4.90 Å². The van der Waals surface area contributed by atoms with E-state index in [0.29, 0.717) is 26.2 Å². The van der Waals surface area contributed by atoms with Crippen LogP contribution in [0.3, 0.4) is 0 Å². The van der Waals surface area contributed by atoms with Crippen molar-refractivity contribution in [3.05, 3.63) is 160 Å². The maximum absolute atomic E-state index is 12.3. The highest BCUT2D eigenvalue weighted by atomic mass is 16.6. The minimum atomic E-state index is -0.602. The van der Waals surface area contributed by atoms with Gasteiger partial charge in [-0.15, -0.1) is 0 Å². The molecular formula is C45H49NO4. The van der Waals surface area contributed by atoms with Crippen LogP contribution in [0.4, 0.5) is 0 Å². The van der Waals surface area contributed by atoms with E-state index < -0.39 is 6.10 Å². The Hall–Kier alpha value is -4.71. The summed E-state index contributed by atoms with van der Waals surface area (Å²) >= 11 is 0. The normalized spacial score (nSPS) is 14.4. The molecule has 0 aromatic heterocycles. The number of esters is 1. The van der Waals surface area contributed by atoms with Crippen molar-refractivity contribution in [3.8, 4) is 16.9 Å². The first kappa shape index (κ1) is 35.1. The first-order valence-electron chi connectivity index (χ1n) is 18.1. The fraction of sp³-hybridized carbons (Fsp3) is 0.311. The van der Waals surface area contributed by atoms with Crippen LogP contribution in [0.5, 0.6) is 5.75 Å². The molecule has 6 rings (SSSR count). The highest BCUT2D eigenvalue weighted by molar-refractivity contribution is 5.75. The van der Waals surface area contributed by atoms with Crippen LogP contribution in [0, 0.1) is 0 Å². The molecule has 5 aromatic carbocycles. The Balaban J connectivity index is 1.18. The second-order valence-electron chi connectivity index (χ2n) is 13.1. The van der Waals surface area contributed by atoms with Crippen LogP contribution in [-0.4, -0.2) is 50.4 Å². The number of hydrogen-bond acceptors (Lipinski definition) is 5. The quantitative estimate of drug-likeness (QED) is 0.104. The van der Waals surface area contributed by atoms with Gasteiger partial charge in [0.25, 0.3) is 0 Å². The number of carbonyl (C=O) groups excluding carboxylic acids is 1. The Kier molecular flexibility index (Phi) is 12.1. The lowest BCUT2D eigenvalue weighted by Gasteiger charge is -2.31. The van der Waals surface area contributed by atoms with Gasteiger partial charge < -0.3 is 14.2 Å². The lowest BCUT2D eigenvalue weighted by molar-refractivity contribution is -0.156. The fourth-order valence-electron chi connectivity index (χ4n) is 7.06. The summed E-state index contributed by atoms with van der Waals surface area (Å²) < 4.78 is 17.1. The predicted octanol–water partition coefficient (Wildman–Crippen LogP) is 8.85. The highest BCUT2D eigenvalue weighted by Crippen LogP contribution is 2.38. The molecule has 0 radical (unpaired) electrons. The van der Waals surface area contributed by atoms with Crippen LogP contribution in [0.2, 0.25) is 0 Å². The lowest BCUT2D eigenvalue weighted by Crippen LogP contribution is -2.30. The Labute approximate surface area is 297 Å². The number of rotatable bonds is 15.